The zero-order valence-corrected chi connectivity index (χ0v) is 22.4. The van der Waals surface area contributed by atoms with Gasteiger partial charge in [-0.15, -0.1) is 0 Å². The smallest absolute Gasteiger partial charge is 0.356 e. The van der Waals surface area contributed by atoms with Crippen LogP contribution in [0.4, 0.5) is 13.2 Å². The fraction of sp³-hybridized carbons (Fsp3) is 0.333. The van der Waals surface area contributed by atoms with E-state index >= 15 is 0 Å². The van der Waals surface area contributed by atoms with Crippen LogP contribution in [0, 0.1) is 0 Å². The zero-order valence-electron chi connectivity index (χ0n) is 21.6. The SMILES string of the molecule is C=C/C=C(/N=C(\C=C/C)C(CC)NC(=O)c1ccc(-c2cncc(C(F)(F)F)n2)cc1)NCS(=O)(=O)C1CC1. The molecule has 0 saturated heterocycles. The van der Waals surface area contributed by atoms with Crippen LogP contribution < -0.4 is 10.6 Å². The van der Waals surface area contributed by atoms with Crippen molar-refractivity contribution in [2.75, 3.05) is 5.88 Å². The van der Waals surface area contributed by atoms with Crippen molar-refractivity contribution < 1.29 is 26.4 Å². The Hall–Kier alpha value is -3.80. The monoisotopic (exact) mass is 561 g/mol. The summed E-state index contributed by atoms with van der Waals surface area (Å²) in [6, 6.07) is 5.45. The lowest BCUT2D eigenvalue weighted by Gasteiger charge is -2.19. The van der Waals surface area contributed by atoms with Crippen molar-refractivity contribution >= 4 is 21.5 Å². The van der Waals surface area contributed by atoms with Crippen molar-refractivity contribution in [1.29, 1.82) is 0 Å². The number of aromatic nitrogens is 2. The summed E-state index contributed by atoms with van der Waals surface area (Å²) >= 11 is 0. The van der Waals surface area contributed by atoms with Crippen LogP contribution in [0.3, 0.4) is 0 Å². The Kier molecular flexibility index (Phi) is 9.79. The van der Waals surface area contributed by atoms with Crippen molar-refractivity contribution in [3.63, 3.8) is 0 Å². The molecule has 1 atom stereocenters. The van der Waals surface area contributed by atoms with Crippen LogP contribution in [0.25, 0.3) is 11.3 Å². The Labute approximate surface area is 225 Å². The fourth-order valence-corrected chi connectivity index (χ4v) is 5.01. The number of hydrogen-bond donors (Lipinski definition) is 2. The topological polar surface area (TPSA) is 113 Å². The van der Waals surface area contributed by atoms with Crippen LogP contribution >= 0.6 is 0 Å². The van der Waals surface area contributed by atoms with E-state index in [0.717, 1.165) is 0 Å². The summed E-state index contributed by atoms with van der Waals surface area (Å²) < 4.78 is 63.5. The quantitative estimate of drug-likeness (QED) is 0.283. The number of aliphatic imine (C=N–C) groups is 1. The molecule has 1 amide bonds. The number of amides is 1. The number of rotatable bonds is 12. The zero-order chi connectivity index (χ0) is 28.6. The Bertz CT molecular complexity index is 1380. The molecule has 1 aliphatic rings. The van der Waals surface area contributed by atoms with Gasteiger partial charge in [-0.2, -0.15) is 13.2 Å². The minimum absolute atomic E-state index is 0.0310. The summed E-state index contributed by atoms with van der Waals surface area (Å²) in [5, 5.41) is 5.45. The fourth-order valence-electron chi connectivity index (χ4n) is 3.57. The lowest BCUT2D eigenvalue weighted by molar-refractivity contribution is -0.141. The molecular formula is C27H30F3N5O3S. The maximum Gasteiger partial charge on any atom is 0.434 e. The molecule has 1 heterocycles. The first-order valence-electron chi connectivity index (χ1n) is 12.3. The Morgan fingerprint density at radius 1 is 1.23 bits per heavy atom. The first-order chi connectivity index (χ1) is 18.5. The van der Waals surface area contributed by atoms with Gasteiger partial charge in [0, 0.05) is 11.1 Å². The number of carbonyl (C=O) groups is 1. The maximum absolute atomic E-state index is 13.0. The number of nitrogens with zero attached hydrogens (tertiary/aromatic N) is 3. The van der Waals surface area contributed by atoms with Gasteiger partial charge in [0.25, 0.3) is 5.91 Å². The number of hydrogen-bond acceptors (Lipinski definition) is 7. The lowest BCUT2D eigenvalue weighted by Crippen LogP contribution is -2.40. The highest BCUT2D eigenvalue weighted by Gasteiger charge is 2.35. The van der Waals surface area contributed by atoms with Gasteiger partial charge < -0.3 is 10.6 Å². The van der Waals surface area contributed by atoms with Crippen LogP contribution in [0.15, 0.2) is 78.4 Å². The molecule has 1 aromatic carbocycles. The van der Waals surface area contributed by atoms with E-state index < -0.39 is 33.7 Å². The molecular weight excluding hydrogens is 531 g/mol. The van der Waals surface area contributed by atoms with E-state index in [1.54, 1.807) is 25.2 Å². The van der Waals surface area contributed by atoms with E-state index in [4.69, 9.17) is 0 Å². The van der Waals surface area contributed by atoms with Gasteiger partial charge in [-0.3, -0.25) is 9.78 Å². The third-order valence-electron chi connectivity index (χ3n) is 5.79. The van der Waals surface area contributed by atoms with Crippen molar-refractivity contribution in [2.45, 2.75) is 50.6 Å². The van der Waals surface area contributed by atoms with Crippen LogP contribution in [-0.4, -0.2) is 47.2 Å². The highest BCUT2D eigenvalue weighted by molar-refractivity contribution is 7.92. The summed E-state index contributed by atoms with van der Waals surface area (Å²) in [7, 11) is -3.27. The van der Waals surface area contributed by atoms with E-state index in [1.165, 1.54) is 36.5 Å². The second kappa shape index (κ2) is 12.8. The van der Waals surface area contributed by atoms with E-state index in [-0.39, 0.29) is 22.4 Å². The Morgan fingerprint density at radius 2 is 1.92 bits per heavy atom. The van der Waals surface area contributed by atoms with Crippen molar-refractivity contribution in [3.05, 3.63) is 84.6 Å². The average Bonchev–Trinajstić information content (AvgIpc) is 3.76. The Morgan fingerprint density at radius 3 is 2.49 bits per heavy atom. The summed E-state index contributed by atoms with van der Waals surface area (Å²) in [5.74, 6) is -0.378. The van der Waals surface area contributed by atoms with E-state index in [2.05, 4.69) is 32.2 Å². The number of sulfone groups is 1. The Balaban J connectivity index is 1.76. The van der Waals surface area contributed by atoms with Crippen molar-refractivity contribution in [1.82, 2.24) is 20.6 Å². The number of carbonyl (C=O) groups excluding carboxylic acids is 1. The minimum Gasteiger partial charge on any atom is -0.356 e. The number of benzene rings is 1. The van der Waals surface area contributed by atoms with E-state index in [9.17, 15) is 26.4 Å². The van der Waals surface area contributed by atoms with E-state index in [0.29, 0.717) is 42.6 Å². The molecule has 0 radical (unpaired) electrons. The number of nitrogens with one attached hydrogen (secondary N) is 2. The molecule has 1 unspecified atom stereocenters. The van der Waals surface area contributed by atoms with Crippen LogP contribution in [0.2, 0.25) is 0 Å². The van der Waals surface area contributed by atoms with E-state index in [1.807, 2.05) is 6.92 Å². The molecule has 1 aromatic heterocycles. The molecule has 12 heteroatoms. The predicted octanol–water partition coefficient (Wildman–Crippen LogP) is 4.84. The summed E-state index contributed by atoms with van der Waals surface area (Å²) in [4.78, 5) is 24.8. The van der Waals surface area contributed by atoms with Gasteiger partial charge in [-0.05, 0) is 50.5 Å². The van der Waals surface area contributed by atoms with Crippen molar-refractivity contribution in [2.24, 2.45) is 4.99 Å². The first-order valence-corrected chi connectivity index (χ1v) is 14.0. The van der Waals surface area contributed by atoms with Crippen LogP contribution in [-0.2, 0) is 16.0 Å². The van der Waals surface area contributed by atoms with Crippen molar-refractivity contribution in [3.8, 4) is 11.3 Å². The molecule has 0 spiro atoms. The van der Waals surface area contributed by atoms with Gasteiger partial charge in [-0.25, -0.2) is 18.4 Å². The summed E-state index contributed by atoms with van der Waals surface area (Å²) in [6.45, 7) is 7.31. The second-order valence-electron chi connectivity index (χ2n) is 8.81. The average molecular weight is 562 g/mol. The highest BCUT2D eigenvalue weighted by Crippen LogP contribution is 2.29. The van der Waals surface area contributed by atoms with Crippen LogP contribution in [0.5, 0.6) is 0 Å². The van der Waals surface area contributed by atoms with Crippen LogP contribution in [0.1, 0.15) is 49.2 Å². The maximum atomic E-state index is 13.0. The molecule has 0 aliphatic heterocycles. The minimum atomic E-state index is -4.62. The highest BCUT2D eigenvalue weighted by atomic mass is 32.2. The molecule has 3 rings (SSSR count). The standard InChI is InChI=1S/C27H30F3N5O3S/c1-4-7-22(34-25(8-5-2)32-17-39(37,38)20-13-14-20)21(6-3)35-26(36)19-11-9-18(10-12-19)23-15-31-16-24(33-23)27(28,29)30/h4-5,7-12,15-16,20-21,32H,2,6,13-14,17H2,1,3H3,(H,35,36)/b7-4-,25-8+,34-22+. The third-order valence-corrected chi connectivity index (χ3v) is 7.82. The molecule has 0 bridgehead atoms. The number of halogens is 3. The summed E-state index contributed by atoms with van der Waals surface area (Å²) in [5.41, 5.74) is 0.0808. The number of allylic oxidation sites excluding steroid dienone is 3. The molecule has 8 nitrogen and oxygen atoms in total. The third kappa shape index (κ3) is 8.34. The first kappa shape index (κ1) is 29.8. The van der Waals surface area contributed by atoms with Gasteiger partial charge in [0.1, 0.15) is 11.7 Å². The molecule has 39 heavy (non-hydrogen) atoms. The predicted molar refractivity (Wildman–Crippen MR) is 144 cm³/mol. The normalized spacial score (nSPS) is 15.7. The largest absolute Gasteiger partial charge is 0.434 e. The van der Waals surface area contributed by atoms with Gasteiger partial charge in [0.15, 0.2) is 15.5 Å². The van der Waals surface area contributed by atoms with Gasteiger partial charge in [0.05, 0.1) is 35.1 Å². The van der Waals surface area contributed by atoms with Gasteiger partial charge in [0.2, 0.25) is 0 Å². The second-order valence-corrected chi connectivity index (χ2v) is 11.1. The molecule has 1 aliphatic carbocycles. The van der Waals surface area contributed by atoms with Gasteiger partial charge in [-0.1, -0.05) is 37.8 Å². The summed E-state index contributed by atoms with van der Waals surface area (Å²) in [6.07, 6.45) is 5.57. The van der Waals surface area contributed by atoms with Gasteiger partial charge >= 0.3 is 6.18 Å². The lowest BCUT2D eigenvalue weighted by atomic mass is 10.1. The molecule has 1 saturated carbocycles. The molecule has 2 aromatic rings. The molecule has 1 fully saturated rings. The molecule has 208 valence electrons. The molecule has 2 N–H and O–H groups in total. The number of alkyl halides is 3.